The van der Waals surface area contributed by atoms with E-state index in [0.29, 0.717) is 6.61 Å². The first-order valence-electron chi connectivity index (χ1n) is 6.44. The number of thiazole rings is 1. The number of anilines is 1. The van der Waals surface area contributed by atoms with Crippen LogP contribution in [0.5, 0.6) is 0 Å². The molecule has 2 aromatic heterocycles. The fourth-order valence-electron chi connectivity index (χ4n) is 1.98. The average molecular weight is 295 g/mol. The second-order valence-electron chi connectivity index (χ2n) is 4.71. The molecule has 0 saturated heterocycles. The highest BCUT2D eigenvalue weighted by atomic mass is 32.1. The van der Waals surface area contributed by atoms with Crippen molar-refractivity contribution >= 4 is 16.5 Å². The van der Waals surface area contributed by atoms with Crippen LogP contribution in [0.4, 0.5) is 5.13 Å². The maximum atomic E-state index is 5.21. The first-order valence-corrected chi connectivity index (χ1v) is 7.26. The van der Waals surface area contributed by atoms with Crippen molar-refractivity contribution in [2.75, 3.05) is 26.1 Å². The van der Waals surface area contributed by atoms with Gasteiger partial charge in [0.05, 0.1) is 18.5 Å². The third-order valence-corrected chi connectivity index (χ3v) is 4.10. The van der Waals surface area contributed by atoms with Crippen molar-refractivity contribution in [3.8, 4) is 0 Å². The number of hydrogen-bond acceptors (Lipinski definition) is 6. The topological polar surface area (TPSA) is 55.2 Å². The molecule has 0 spiro atoms. The molecule has 7 heteroatoms. The Morgan fingerprint density at radius 3 is 2.90 bits per heavy atom. The molecule has 2 aromatic rings. The molecule has 6 nitrogen and oxygen atoms in total. The number of aromatic nitrogens is 3. The number of nitrogens with one attached hydrogen (secondary N) is 1. The molecule has 0 unspecified atom stereocenters. The predicted octanol–water partition coefficient (Wildman–Crippen LogP) is 1.38. The molecule has 20 heavy (non-hydrogen) atoms. The monoisotopic (exact) mass is 295 g/mol. The maximum Gasteiger partial charge on any atom is 0.185 e. The van der Waals surface area contributed by atoms with Gasteiger partial charge in [-0.2, -0.15) is 5.10 Å². The molecule has 0 fully saturated rings. The van der Waals surface area contributed by atoms with Crippen LogP contribution in [0.2, 0.25) is 0 Å². The molecule has 2 rings (SSSR count). The molecule has 0 saturated carbocycles. The van der Waals surface area contributed by atoms with E-state index in [1.165, 1.54) is 10.4 Å². The molecule has 0 amide bonds. The van der Waals surface area contributed by atoms with Gasteiger partial charge in [0.25, 0.3) is 0 Å². The molecule has 0 radical (unpaired) electrons. The van der Waals surface area contributed by atoms with Gasteiger partial charge >= 0.3 is 0 Å². The van der Waals surface area contributed by atoms with E-state index >= 15 is 0 Å². The van der Waals surface area contributed by atoms with E-state index in [-0.39, 0.29) is 0 Å². The summed E-state index contributed by atoms with van der Waals surface area (Å²) in [5.41, 5.74) is 2.19. The van der Waals surface area contributed by atoms with Crippen LogP contribution >= 0.6 is 11.3 Å². The summed E-state index contributed by atoms with van der Waals surface area (Å²) in [6.45, 7) is 2.16. The number of hydrogen-bond donors (Lipinski definition) is 1. The van der Waals surface area contributed by atoms with E-state index in [2.05, 4.69) is 20.3 Å². The van der Waals surface area contributed by atoms with Gasteiger partial charge in [-0.05, 0) is 7.05 Å². The summed E-state index contributed by atoms with van der Waals surface area (Å²) in [5.74, 6) is 0. The molecular formula is C13H21N5OS. The molecule has 0 aliphatic heterocycles. The molecule has 0 bridgehead atoms. The van der Waals surface area contributed by atoms with E-state index in [9.17, 15) is 0 Å². The second kappa shape index (κ2) is 6.83. The fraction of sp³-hybridized carbons (Fsp3) is 0.538. The van der Waals surface area contributed by atoms with Crippen LogP contribution in [0.15, 0.2) is 12.4 Å². The summed E-state index contributed by atoms with van der Waals surface area (Å²) >= 11 is 1.70. The van der Waals surface area contributed by atoms with E-state index < -0.39 is 0 Å². The van der Waals surface area contributed by atoms with Gasteiger partial charge in [-0.15, -0.1) is 11.3 Å². The Balaban J connectivity index is 2.12. The summed E-state index contributed by atoms with van der Waals surface area (Å²) < 4.78 is 7.03. The van der Waals surface area contributed by atoms with Crippen molar-refractivity contribution in [2.45, 2.75) is 19.7 Å². The van der Waals surface area contributed by atoms with E-state index in [0.717, 1.165) is 23.9 Å². The Bertz CT molecular complexity index is 527. The molecule has 0 aromatic carbocycles. The fourth-order valence-corrected chi connectivity index (χ4v) is 3.01. The van der Waals surface area contributed by atoms with Crippen molar-refractivity contribution in [3.63, 3.8) is 0 Å². The third kappa shape index (κ3) is 3.56. The minimum atomic E-state index is 0.550. The number of aryl methyl sites for hydroxylation is 1. The van der Waals surface area contributed by atoms with Gasteiger partial charge in [0, 0.05) is 50.9 Å². The van der Waals surface area contributed by atoms with Crippen LogP contribution in [-0.2, 0) is 31.5 Å². The van der Waals surface area contributed by atoms with Gasteiger partial charge in [-0.3, -0.25) is 4.68 Å². The minimum Gasteiger partial charge on any atom is -0.378 e. The van der Waals surface area contributed by atoms with E-state index in [1.54, 1.807) is 18.4 Å². The van der Waals surface area contributed by atoms with Crippen LogP contribution in [0.3, 0.4) is 0 Å². The number of ether oxygens (including phenoxy) is 1. The summed E-state index contributed by atoms with van der Waals surface area (Å²) in [4.78, 5) is 8.04. The quantitative estimate of drug-likeness (QED) is 0.836. The van der Waals surface area contributed by atoms with Gasteiger partial charge < -0.3 is 15.0 Å². The lowest BCUT2D eigenvalue weighted by molar-refractivity contribution is 0.181. The Morgan fingerprint density at radius 2 is 2.30 bits per heavy atom. The molecule has 1 N–H and O–H groups in total. The maximum absolute atomic E-state index is 5.21. The third-order valence-electron chi connectivity index (χ3n) is 2.89. The number of methoxy groups -OCH3 is 1. The van der Waals surface area contributed by atoms with Crippen molar-refractivity contribution in [3.05, 3.63) is 28.5 Å². The van der Waals surface area contributed by atoms with Gasteiger partial charge in [-0.25, -0.2) is 4.98 Å². The van der Waals surface area contributed by atoms with Gasteiger partial charge in [0.1, 0.15) is 0 Å². The largest absolute Gasteiger partial charge is 0.378 e. The Kier molecular flexibility index (Phi) is 5.11. The average Bonchev–Trinajstić information content (AvgIpc) is 2.98. The number of nitrogens with zero attached hydrogens (tertiary/aromatic N) is 4. The van der Waals surface area contributed by atoms with Crippen molar-refractivity contribution < 1.29 is 4.74 Å². The molecule has 2 heterocycles. The highest BCUT2D eigenvalue weighted by molar-refractivity contribution is 7.15. The zero-order valence-electron chi connectivity index (χ0n) is 12.4. The zero-order chi connectivity index (χ0) is 14.5. The minimum absolute atomic E-state index is 0.550. The molecule has 0 aliphatic rings. The smallest absolute Gasteiger partial charge is 0.185 e. The SMILES string of the molecule is CNCc1sc(N(C)Cc2cnn(C)c2)nc1COC. The van der Waals surface area contributed by atoms with Gasteiger partial charge in [0.15, 0.2) is 5.13 Å². The lowest BCUT2D eigenvalue weighted by Gasteiger charge is -2.14. The van der Waals surface area contributed by atoms with E-state index in [4.69, 9.17) is 4.74 Å². The lowest BCUT2D eigenvalue weighted by Crippen LogP contribution is -2.15. The van der Waals surface area contributed by atoms with Crippen molar-refractivity contribution in [2.24, 2.45) is 7.05 Å². The highest BCUT2D eigenvalue weighted by Gasteiger charge is 2.14. The van der Waals surface area contributed by atoms with Crippen molar-refractivity contribution in [1.29, 1.82) is 0 Å². The zero-order valence-corrected chi connectivity index (χ0v) is 13.2. The van der Waals surface area contributed by atoms with Crippen LogP contribution < -0.4 is 10.2 Å². The van der Waals surface area contributed by atoms with Gasteiger partial charge in [0.2, 0.25) is 0 Å². The van der Waals surface area contributed by atoms with Crippen molar-refractivity contribution in [1.82, 2.24) is 20.1 Å². The van der Waals surface area contributed by atoms with Crippen LogP contribution in [0, 0.1) is 0 Å². The standard InChI is InChI=1S/C13H21N5OS/c1-14-6-12-11(9-19-4)16-13(20-12)17(2)7-10-5-15-18(3)8-10/h5,8,14H,6-7,9H2,1-4H3. The second-order valence-corrected chi connectivity index (χ2v) is 5.77. The molecule has 110 valence electrons. The molecule has 0 aliphatic carbocycles. The summed E-state index contributed by atoms with van der Waals surface area (Å²) in [6.07, 6.45) is 3.91. The normalized spacial score (nSPS) is 11.0. The molecule has 0 atom stereocenters. The molecular weight excluding hydrogens is 274 g/mol. The van der Waals surface area contributed by atoms with Gasteiger partial charge in [-0.1, -0.05) is 0 Å². The Morgan fingerprint density at radius 1 is 1.50 bits per heavy atom. The Hall–Kier alpha value is -1.44. The first kappa shape index (κ1) is 15.0. The number of rotatable bonds is 7. The van der Waals surface area contributed by atoms with E-state index in [1.807, 2.05) is 38.2 Å². The van der Waals surface area contributed by atoms with Crippen LogP contribution in [0.1, 0.15) is 16.1 Å². The summed E-state index contributed by atoms with van der Waals surface area (Å²) in [6, 6.07) is 0. The Labute approximate surface area is 123 Å². The summed E-state index contributed by atoms with van der Waals surface area (Å²) in [5, 5.41) is 8.36. The first-order chi connectivity index (χ1) is 9.63. The predicted molar refractivity (Wildman–Crippen MR) is 80.9 cm³/mol. The van der Waals surface area contributed by atoms with Crippen LogP contribution in [-0.4, -0.2) is 36.0 Å². The lowest BCUT2D eigenvalue weighted by atomic mass is 10.3. The van der Waals surface area contributed by atoms with Crippen LogP contribution in [0.25, 0.3) is 0 Å². The highest BCUT2D eigenvalue weighted by Crippen LogP contribution is 2.27. The summed E-state index contributed by atoms with van der Waals surface area (Å²) in [7, 11) is 7.61.